The lowest BCUT2D eigenvalue weighted by Crippen LogP contribution is -2.40. The van der Waals surface area contributed by atoms with Crippen molar-refractivity contribution in [1.82, 2.24) is 5.32 Å². The van der Waals surface area contributed by atoms with Crippen molar-refractivity contribution in [3.8, 4) is 5.75 Å². The van der Waals surface area contributed by atoms with Gasteiger partial charge in [-0.1, -0.05) is 18.2 Å². The highest BCUT2D eigenvalue weighted by Crippen LogP contribution is 2.31. The highest BCUT2D eigenvalue weighted by molar-refractivity contribution is 5.81. The van der Waals surface area contributed by atoms with Crippen LogP contribution in [0.3, 0.4) is 0 Å². The Labute approximate surface area is 120 Å². The number of ether oxygens (including phenoxy) is 2. The van der Waals surface area contributed by atoms with Gasteiger partial charge in [-0.25, -0.2) is 0 Å². The van der Waals surface area contributed by atoms with Crippen LogP contribution in [-0.2, 0) is 9.53 Å². The smallest absolute Gasteiger partial charge is 0.411 e. The van der Waals surface area contributed by atoms with Crippen molar-refractivity contribution in [2.45, 2.75) is 31.7 Å². The van der Waals surface area contributed by atoms with Crippen LogP contribution in [0, 0.1) is 0 Å². The molecule has 0 saturated heterocycles. The molecule has 0 aliphatic carbocycles. The van der Waals surface area contributed by atoms with E-state index in [1.165, 1.54) is 6.92 Å². The van der Waals surface area contributed by atoms with E-state index in [1.54, 1.807) is 6.07 Å². The van der Waals surface area contributed by atoms with Gasteiger partial charge in [0.05, 0.1) is 12.6 Å². The summed E-state index contributed by atoms with van der Waals surface area (Å²) in [7, 11) is 0. The number of halogens is 3. The number of hydrogen-bond acceptors (Lipinski definition) is 3. The van der Waals surface area contributed by atoms with E-state index in [1.807, 2.05) is 18.2 Å². The molecule has 1 aliphatic rings. The molecule has 1 aliphatic heterocycles. The van der Waals surface area contributed by atoms with Gasteiger partial charge >= 0.3 is 6.18 Å². The van der Waals surface area contributed by atoms with Crippen molar-refractivity contribution >= 4 is 5.91 Å². The lowest BCUT2D eigenvalue weighted by Gasteiger charge is -2.27. The number of fused-ring (bicyclic) bond motifs is 1. The number of carbonyl (C=O) groups excluding carboxylic acids is 1. The Morgan fingerprint density at radius 1 is 1.48 bits per heavy atom. The Hall–Kier alpha value is -1.76. The highest BCUT2D eigenvalue weighted by Gasteiger charge is 2.31. The molecule has 0 unspecified atom stereocenters. The SMILES string of the molecule is C[C@H](OCC(F)(F)F)C(=O)N[C@H]1CCOc2ccccc21. The molecular formula is C14H16F3NO3. The van der Waals surface area contributed by atoms with E-state index < -0.39 is 24.8 Å². The molecule has 4 nitrogen and oxygen atoms in total. The summed E-state index contributed by atoms with van der Waals surface area (Å²) in [5, 5.41) is 2.70. The number of hydrogen-bond donors (Lipinski definition) is 1. The fraction of sp³-hybridized carbons (Fsp3) is 0.500. The third-order valence-corrected chi connectivity index (χ3v) is 3.14. The molecule has 1 aromatic rings. The summed E-state index contributed by atoms with van der Waals surface area (Å²) in [6.45, 7) is 0.304. The number of alkyl halides is 3. The molecule has 116 valence electrons. The molecule has 1 heterocycles. The number of benzene rings is 1. The molecule has 0 spiro atoms. The van der Waals surface area contributed by atoms with Gasteiger partial charge in [-0.05, 0) is 13.0 Å². The minimum Gasteiger partial charge on any atom is -0.493 e. The predicted octanol–water partition coefficient (Wildman–Crippen LogP) is 2.59. The fourth-order valence-corrected chi connectivity index (χ4v) is 2.08. The molecule has 0 bridgehead atoms. The lowest BCUT2D eigenvalue weighted by molar-refractivity contribution is -0.185. The third-order valence-electron chi connectivity index (χ3n) is 3.14. The summed E-state index contributed by atoms with van der Waals surface area (Å²) < 4.78 is 46.2. The molecule has 2 atom stereocenters. The normalized spacial score (nSPS) is 19.3. The largest absolute Gasteiger partial charge is 0.493 e. The Morgan fingerprint density at radius 3 is 2.90 bits per heavy atom. The molecule has 7 heteroatoms. The van der Waals surface area contributed by atoms with Crippen LogP contribution in [-0.4, -0.2) is 31.4 Å². The van der Waals surface area contributed by atoms with Crippen molar-refractivity contribution in [3.05, 3.63) is 29.8 Å². The Morgan fingerprint density at radius 2 is 2.19 bits per heavy atom. The van der Waals surface area contributed by atoms with Crippen molar-refractivity contribution < 1.29 is 27.4 Å². The maximum Gasteiger partial charge on any atom is 0.411 e. The van der Waals surface area contributed by atoms with Crippen molar-refractivity contribution in [3.63, 3.8) is 0 Å². The van der Waals surface area contributed by atoms with Crippen molar-refractivity contribution in [2.75, 3.05) is 13.2 Å². The molecule has 1 N–H and O–H groups in total. The first kappa shape index (κ1) is 15.6. The van der Waals surface area contributed by atoms with E-state index in [0.29, 0.717) is 18.8 Å². The second-order valence-corrected chi connectivity index (χ2v) is 4.80. The molecule has 0 fully saturated rings. The summed E-state index contributed by atoms with van der Waals surface area (Å²) in [5.41, 5.74) is 0.820. The highest BCUT2D eigenvalue weighted by atomic mass is 19.4. The van der Waals surface area contributed by atoms with E-state index in [-0.39, 0.29) is 6.04 Å². The number of amides is 1. The molecule has 1 aromatic carbocycles. The van der Waals surface area contributed by atoms with Gasteiger partial charge in [0.2, 0.25) is 5.91 Å². The van der Waals surface area contributed by atoms with E-state index in [4.69, 9.17) is 4.74 Å². The Balaban J connectivity index is 1.94. The molecular weight excluding hydrogens is 287 g/mol. The van der Waals surface area contributed by atoms with Crippen LogP contribution in [0.1, 0.15) is 24.9 Å². The molecule has 0 radical (unpaired) electrons. The first-order valence-electron chi connectivity index (χ1n) is 6.57. The molecule has 21 heavy (non-hydrogen) atoms. The van der Waals surface area contributed by atoms with Crippen LogP contribution in [0.25, 0.3) is 0 Å². The van der Waals surface area contributed by atoms with Crippen LogP contribution in [0.5, 0.6) is 5.75 Å². The number of para-hydroxylation sites is 1. The van der Waals surface area contributed by atoms with E-state index >= 15 is 0 Å². The topological polar surface area (TPSA) is 47.6 Å². The second-order valence-electron chi connectivity index (χ2n) is 4.80. The first-order valence-corrected chi connectivity index (χ1v) is 6.57. The van der Waals surface area contributed by atoms with Gasteiger partial charge in [0.25, 0.3) is 0 Å². The van der Waals surface area contributed by atoms with Gasteiger partial charge in [-0.15, -0.1) is 0 Å². The van der Waals surface area contributed by atoms with E-state index in [0.717, 1.165) is 5.56 Å². The summed E-state index contributed by atoms with van der Waals surface area (Å²) >= 11 is 0. The minimum atomic E-state index is -4.44. The molecule has 1 amide bonds. The monoisotopic (exact) mass is 303 g/mol. The maximum atomic E-state index is 12.1. The Kier molecular flexibility index (Phi) is 4.72. The van der Waals surface area contributed by atoms with Crippen LogP contribution in [0.4, 0.5) is 13.2 Å². The average Bonchev–Trinajstić information content (AvgIpc) is 2.44. The standard InChI is InChI=1S/C14H16F3NO3/c1-9(21-8-14(15,16)17)13(19)18-11-6-7-20-12-5-3-2-4-10(11)12/h2-5,9,11H,6-8H2,1H3,(H,18,19)/t9-,11-/m0/s1. The molecule has 0 aromatic heterocycles. The van der Waals surface area contributed by atoms with Gasteiger partial charge in [0.15, 0.2) is 0 Å². The van der Waals surface area contributed by atoms with Crippen molar-refractivity contribution in [2.24, 2.45) is 0 Å². The van der Waals surface area contributed by atoms with Crippen LogP contribution in [0.15, 0.2) is 24.3 Å². The quantitative estimate of drug-likeness (QED) is 0.930. The zero-order chi connectivity index (χ0) is 15.5. The van der Waals surface area contributed by atoms with E-state index in [2.05, 4.69) is 10.1 Å². The summed E-state index contributed by atoms with van der Waals surface area (Å²) in [5.74, 6) is 0.110. The number of rotatable bonds is 4. The van der Waals surface area contributed by atoms with Gasteiger partial charge in [-0.3, -0.25) is 4.79 Å². The number of carbonyl (C=O) groups is 1. The number of nitrogens with one attached hydrogen (secondary N) is 1. The predicted molar refractivity (Wildman–Crippen MR) is 68.9 cm³/mol. The maximum absolute atomic E-state index is 12.1. The minimum absolute atomic E-state index is 0.278. The van der Waals surface area contributed by atoms with Gasteiger partial charge in [0.1, 0.15) is 18.5 Å². The Bertz CT molecular complexity index is 504. The molecule has 2 rings (SSSR count). The van der Waals surface area contributed by atoms with Gasteiger partial charge in [-0.2, -0.15) is 13.2 Å². The lowest BCUT2D eigenvalue weighted by atomic mass is 10.0. The summed E-state index contributed by atoms with van der Waals surface area (Å²) in [6.07, 6.45) is -5.05. The zero-order valence-electron chi connectivity index (χ0n) is 11.4. The zero-order valence-corrected chi connectivity index (χ0v) is 11.4. The molecule has 0 saturated carbocycles. The van der Waals surface area contributed by atoms with Crippen molar-refractivity contribution in [1.29, 1.82) is 0 Å². The summed E-state index contributed by atoms with van der Waals surface area (Å²) in [4.78, 5) is 11.9. The first-order chi connectivity index (χ1) is 9.87. The van der Waals surface area contributed by atoms with Crippen LogP contribution in [0.2, 0.25) is 0 Å². The van der Waals surface area contributed by atoms with Crippen LogP contribution < -0.4 is 10.1 Å². The third kappa shape index (κ3) is 4.35. The summed E-state index contributed by atoms with van der Waals surface area (Å²) in [6, 6.07) is 6.96. The van der Waals surface area contributed by atoms with E-state index in [9.17, 15) is 18.0 Å². The van der Waals surface area contributed by atoms with Crippen LogP contribution >= 0.6 is 0 Å². The average molecular weight is 303 g/mol. The van der Waals surface area contributed by atoms with Gasteiger partial charge in [0, 0.05) is 12.0 Å². The van der Waals surface area contributed by atoms with Gasteiger partial charge < -0.3 is 14.8 Å². The fourth-order valence-electron chi connectivity index (χ4n) is 2.08. The second kappa shape index (κ2) is 6.34.